The largest absolute Gasteiger partial charge is 0.348 e. The van der Waals surface area contributed by atoms with Crippen LogP contribution in [0, 0.1) is 5.41 Å². The molecular weight excluding hydrogens is 259 g/mol. The molecule has 1 rings (SSSR count). The van der Waals surface area contributed by atoms with Gasteiger partial charge in [-0.1, -0.05) is 44.0 Å². The lowest BCUT2D eigenvalue weighted by Crippen LogP contribution is -2.41. The fourth-order valence-corrected chi connectivity index (χ4v) is 1.40. The molecule has 1 heterocycles. The molecular formula is C12H16Cl2N2O. The number of amides is 1. The van der Waals surface area contributed by atoms with Crippen molar-refractivity contribution in [2.75, 3.05) is 0 Å². The molecule has 1 unspecified atom stereocenters. The Morgan fingerprint density at radius 2 is 1.94 bits per heavy atom. The maximum Gasteiger partial charge on any atom is 0.271 e. The average Bonchev–Trinajstić information content (AvgIpc) is 2.20. The predicted molar refractivity (Wildman–Crippen MR) is 70.6 cm³/mol. The third-order valence-electron chi connectivity index (χ3n) is 2.67. The molecule has 17 heavy (non-hydrogen) atoms. The molecule has 0 aliphatic carbocycles. The number of pyridine rings is 1. The van der Waals surface area contributed by atoms with Gasteiger partial charge in [-0.2, -0.15) is 0 Å². The minimum atomic E-state index is -0.306. The van der Waals surface area contributed by atoms with E-state index < -0.39 is 0 Å². The van der Waals surface area contributed by atoms with Crippen LogP contribution in [0.25, 0.3) is 0 Å². The van der Waals surface area contributed by atoms with Crippen molar-refractivity contribution in [2.24, 2.45) is 5.41 Å². The van der Waals surface area contributed by atoms with E-state index in [-0.39, 0.29) is 28.2 Å². The van der Waals surface area contributed by atoms with Crippen molar-refractivity contribution < 1.29 is 4.79 Å². The Balaban J connectivity index is 2.87. The minimum Gasteiger partial charge on any atom is -0.348 e. The molecule has 1 aromatic heterocycles. The minimum absolute atomic E-state index is 0.00634. The molecule has 1 N–H and O–H groups in total. The fourth-order valence-electron chi connectivity index (χ4n) is 1.06. The van der Waals surface area contributed by atoms with E-state index in [1.54, 1.807) is 12.1 Å². The maximum atomic E-state index is 12.0. The Kier molecular flexibility index (Phi) is 4.39. The highest BCUT2D eigenvalue weighted by atomic mass is 35.5. The van der Waals surface area contributed by atoms with Crippen molar-refractivity contribution in [2.45, 2.75) is 33.7 Å². The Hall–Kier alpha value is -0.800. The molecule has 0 aliphatic rings. The zero-order valence-corrected chi connectivity index (χ0v) is 11.9. The van der Waals surface area contributed by atoms with Gasteiger partial charge in [0.2, 0.25) is 0 Å². The van der Waals surface area contributed by atoms with Crippen LogP contribution in [0.5, 0.6) is 0 Å². The first kappa shape index (κ1) is 14.3. The van der Waals surface area contributed by atoms with Gasteiger partial charge in [0.1, 0.15) is 10.8 Å². The van der Waals surface area contributed by atoms with Crippen molar-refractivity contribution in [1.29, 1.82) is 0 Å². The average molecular weight is 275 g/mol. The first-order valence-electron chi connectivity index (χ1n) is 5.34. The van der Waals surface area contributed by atoms with Gasteiger partial charge in [-0.25, -0.2) is 4.98 Å². The van der Waals surface area contributed by atoms with Crippen LogP contribution in [0.1, 0.15) is 38.2 Å². The van der Waals surface area contributed by atoms with E-state index >= 15 is 0 Å². The zero-order chi connectivity index (χ0) is 13.2. The van der Waals surface area contributed by atoms with Gasteiger partial charge >= 0.3 is 0 Å². The number of halogens is 2. The quantitative estimate of drug-likeness (QED) is 0.838. The van der Waals surface area contributed by atoms with Gasteiger partial charge in [0.25, 0.3) is 5.91 Å². The second kappa shape index (κ2) is 5.23. The molecule has 0 saturated carbocycles. The number of carbonyl (C=O) groups is 1. The summed E-state index contributed by atoms with van der Waals surface area (Å²) in [5.74, 6) is -0.306. The zero-order valence-electron chi connectivity index (χ0n) is 10.3. The van der Waals surface area contributed by atoms with Crippen LogP contribution in [0.3, 0.4) is 0 Å². The lowest BCUT2D eigenvalue weighted by Gasteiger charge is -2.28. The number of hydrogen-bond acceptors (Lipinski definition) is 2. The standard InChI is InChI=1S/C12H16Cl2N2O/c1-7(12(2,3)4)15-11(17)10-8(13)5-6-9(14)16-10/h5-7H,1-4H3,(H,15,17). The fraction of sp³-hybridized carbons (Fsp3) is 0.500. The summed E-state index contributed by atoms with van der Waals surface area (Å²) in [6, 6.07) is 3.12. The first-order valence-corrected chi connectivity index (χ1v) is 6.10. The SMILES string of the molecule is CC(NC(=O)c1nc(Cl)ccc1Cl)C(C)(C)C. The number of rotatable bonds is 2. The van der Waals surface area contributed by atoms with Crippen LogP contribution in [0.15, 0.2) is 12.1 Å². The normalized spacial score (nSPS) is 13.3. The lowest BCUT2D eigenvalue weighted by molar-refractivity contribution is 0.0905. The van der Waals surface area contributed by atoms with E-state index in [9.17, 15) is 4.79 Å². The summed E-state index contributed by atoms with van der Waals surface area (Å²) in [4.78, 5) is 15.9. The summed E-state index contributed by atoms with van der Waals surface area (Å²) in [6.45, 7) is 8.08. The lowest BCUT2D eigenvalue weighted by atomic mass is 9.88. The van der Waals surface area contributed by atoms with E-state index in [1.807, 2.05) is 27.7 Å². The van der Waals surface area contributed by atoms with Crippen LogP contribution in [-0.4, -0.2) is 16.9 Å². The second-order valence-electron chi connectivity index (χ2n) is 5.03. The summed E-state index contributed by atoms with van der Waals surface area (Å²) in [5.41, 5.74) is 0.135. The number of carbonyl (C=O) groups excluding carboxylic acids is 1. The molecule has 3 nitrogen and oxygen atoms in total. The molecule has 0 spiro atoms. The number of nitrogens with zero attached hydrogens (tertiary/aromatic N) is 1. The summed E-state index contributed by atoms with van der Waals surface area (Å²) in [6.07, 6.45) is 0. The highest BCUT2D eigenvalue weighted by Crippen LogP contribution is 2.21. The van der Waals surface area contributed by atoms with Crippen LogP contribution >= 0.6 is 23.2 Å². The van der Waals surface area contributed by atoms with E-state index in [0.29, 0.717) is 5.02 Å². The Labute approximate surface area is 112 Å². The molecule has 0 radical (unpaired) electrons. The molecule has 0 fully saturated rings. The Bertz CT molecular complexity index is 427. The van der Waals surface area contributed by atoms with Crippen molar-refractivity contribution >= 4 is 29.1 Å². The van der Waals surface area contributed by atoms with Crippen molar-refractivity contribution in [3.8, 4) is 0 Å². The van der Waals surface area contributed by atoms with E-state index in [0.717, 1.165) is 0 Å². The van der Waals surface area contributed by atoms with E-state index in [1.165, 1.54) is 0 Å². The van der Waals surface area contributed by atoms with Crippen molar-refractivity contribution in [1.82, 2.24) is 10.3 Å². The molecule has 1 atom stereocenters. The van der Waals surface area contributed by atoms with Gasteiger partial charge in [-0.05, 0) is 24.5 Å². The topological polar surface area (TPSA) is 42.0 Å². The van der Waals surface area contributed by atoms with Crippen LogP contribution in [-0.2, 0) is 0 Å². The number of aromatic nitrogens is 1. The van der Waals surface area contributed by atoms with Crippen LogP contribution in [0.2, 0.25) is 10.2 Å². The summed E-state index contributed by atoms with van der Waals surface area (Å²) < 4.78 is 0. The monoisotopic (exact) mass is 274 g/mol. The third kappa shape index (κ3) is 3.86. The van der Waals surface area contributed by atoms with Gasteiger partial charge in [0.15, 0.2) is 0 Å². The first-order chi connectivity index (χ1) is 7.71. The third-order valence-corrected chi connectivity index (χ3v) is 3.19. The van der Waals surface area contributed by atoms with E-state index in [2.05, 4.69) is 10.3 Å². The van der Waals surface area contributed by atoms with Gasteiger partial charge < -0.3 is 5.32 Å². The molecule has 0 bridgehead atoms. The van der Waals surface area contributed by atoms with Crippen LogP contribution in [0.4, 0.5) is 0 Å². The van der Waals surface area contributed by atoms with Crippen LogP contribution < -0.4 is 5.32 Å². The van der Waals surface area contributed by atoms with Crippen molar-refractivity contribution in [3.63, 3.8) is 0 Å². The second-order valence-corrected chi connectivity index (χ2v) is 5.82. The molecule has 1 aromatic rings. The van der Waals surface area contributed by atoms with Gasteiger partial charge in [-0.15, -0.1) is 0 Å². The summed E-state index contributed by atoms with van der Waals surface area (Å²) in [7, 11) is 0. The van der Waals surface area contributed by atoms with Gasteiger partial charge in [0.05, 0.1) is 5.02 Å². The highest BCUT2D eigenvalue weighted by Gasteiger charge is 2.23. The number of hydrogen-bond donors (Lipinski definition) is 1. The Morgan fingerprint density at radius 1 is 1.35 bits per heavy atom. The maximum absolute atomic E-state index is 12.0. The Morgan fingerprint density at radius 3 is 2.47 bits per heavy atom. The van der Waals surface area contributed by atoms with Crippen molar-refractivity contribution in [3.05, 3.63) is 28.0 Å². The van der Waals surface area contributed by atoms with Gasteiger partial charge in [-0.3, -0.25) is 4.79 Å². The molecule has 94 valence electrons. The summed E-state index contributed by atoms with van der Waals surface area (Å²) >= 11 is 11.6. The van der Waals surface area contributed by atoms with E-state index in [4.69, 9.17) is 23.2 Å². The molecule has 0 aliphatic heterocycles. The van der Waals surface area contributed by atoms with Gasteiger partial charge in [0, 0.05) is 6.04 Å². The molecule has 0 saturated heterocycles. The molecule has 0 aromatic carbocycles. The molecule has 5 heteroatoms. The molecule has 1 amide bonds. The number of nitrogens with one attached hydrogen (secondary N) is 1. The predicted octanol–water partition coefficient (Wildman–Crippen LogP) is 3.55. The highest BCUT2D eigenvalue weighted by molar-refractivity contribution is 6.34. The summed E-state index contributed by atoms with van der Waals surface area (Å²) in [5, 5.41) is 3.41. The smallest absolute Gasteiger partial charge is 0.271 e.